The second kappa shape index (κ2) is 8.64. The molecule has 0 radical (unpaired) electrons. The summed E-state index contributed by atoms with van der Waals surface area (Å²) in [6.07, 6.45) is 2.68. The lowest BCUT2D eigenvalue weighted by atomic mass is 10.1. The Morgan fingerprint density at radius 2 is 1.91 bits per heavy atom. The van der Waals surface area contributed by atoms with Crippen molar-refractivity contribution in [2.45, 2.75) is 6.42 Å². The molecule has 162 valence electrons. The number of carbonyl (C=O) groups excluding carboxylic acids is 1. The van der Waals surface area contributed by atoms with Crippen molar-refractivity contribution in [1.29, 1.82) is 0 Å². The van der Waals surface area contributed by atoms with E-state index in [1.165, 1.54) is 0 Å². The summed E-state index contributed by atoms with van der Waals surface area (Å²) in [5.74, 6) is -0.492. The molecule has 0 spiro atoms. The van der Waals surface area contributed by atoms with Crippen LogP contribution in [0.3, 0.4) is 0 Å². The SMILES string of the molecule is Nc1ncc(-c2ccc(N3CCCNCC3)cc2)nc1C(=O)Nc1nc2ccccc2o1. The molecule has 2 aromatic carbocycles. The van der Waals surface area contributed by atoms with Gasteiger partial charge in [0.15, 0.2) is 17.1 Å². The predicted molar refractivity (Wildman–Crippen MR) is 124 cm³/mol. The highest BCUT2D eigenvalue weighted by molar-refractivity contribution is 6.05. The van der Waals surface area contributed by atoms with Gasteiger partial charge in [0.05, 0.1) is 11.9 Å². The van der Waals surface area contributed by atoms with E-state index in [1.54, 1.807) is 18.3 Å². The van der Waals surface area contributed by atoms with Gasteiger partial charge in [0.1, 0.15) is 5.52 Å². The number of fused-ring (bicyclic) bond motifs is 1. The van der Waals surface area contributed by atoms with Gasteiger partial charge in [0.2, 0.25) is 0 Å². The van der Waals surface area contributed by atoms with E-state index in [0.717, 1.165) is 43.9 Å². The third-order valence-corrected chi connectivity index (χ3v) is 5.40. The number of aromatic nitrogens is 3. The van der Waals surface area contributed by atoms with Gasteiger partial charge in [0, 0.05) is 30.9 Å². The topological polar surface area (TPSA) is 122 Å². The molecule has 32 heavy (non-hydrogen) atoms. The van der Waals surface area contributed by atoms with Gasteiger partial charge in [-0.15, -0.1) is 0 Å². The number of hydrogen-bond acceptors (Lipinski definition) is 8. The fourth-order valence-electron chi connectivity index (χ4n) is 3.73. The molecule has 4 N–H and O–H groups in total. The molecule has 0 unspecified atom stereocenters. The van der Waals surface area contributed by atoms with Crippen LogP contribution < -0.4 is 21.3 Å². The summed E-state index contributed by atoms with van der Waals surface area (Å²) < 4.78 is 5.55. The summed E-state index contributed by atoms with van der Waals surface area (Å²) in [7, 11) is 0. The Balaban J connectivity index is 1.36. The van der Waals surface area contributed by atoms with Crippen molar-refractivity contribution in [2.75, 3.05) is 42.1 Å². The molecule has 5 rings (SSSR count). The summed E-state index contributed by atoms with van der Waals surface area (Å²) >= 11 is 0. The third-order valence-electron chi connectivity index (χ3n) is 5.40. The van der Waals surface area contributed by atoms with Gasteiger partial charge in [-0.3, -0.25) is 10.1 Å². The quantitative estimate of drug-likeness (QED) is 0.453. The number of nitrogens with zero attached hydrogens (tertiary/aromatic N) is 4. The molecule has 0 aliphatic carbocycles. The van der Waals surface area contributed by atoms with E-state index in [9.17, 15) is 4.79 Å². The largest absolute Gasteiger partial charge is 0.423 e. The van der Waals surface area contributed by atoms with Gasteiger partial charge in [-0.05, 0) is 37.2 Å². The Morgan fingerprint density at radius 3 is 2.75 bits per heavy atom. The fraction of sp³-hybridized carbons (Fsp3) is 0.217. The number of carbonyl (C=O) groups is 1. The van der Waals surface area contributed by atoms with E-state index < -0.39 is 5.91 Å². The minimum Gasteiger partial charge on any atom is -0.423 e. The number of para-hydroxylation sites is 2. The molecule has 0 bridgehead atoms. The van der Waals surface area contributed by atoms with Crippen molar-refractivity contribution < 1.29 is 9.21 Å². The van der Waals surface area contributed by atoms with Gasteiger partial charge in [-0.25, -0.2) is 9.97 Å². The van der Waals surface area contributed by atoms with Crippen LogP contribution in [0.2, 0.25) is 0 Å². The molecule has 9 nitrogen and oxygen atoms in total. The number of benzene rings is 2. The predicted octanol–water partition coefficient (Wildman–Crippen LogP) is 2.92. The van der Waals surface area contributed by atoms with Crippen LogP contribution >= 0.6 is 0 Å². The van der Waals surface area contributed by atoms with Crippen LogP contribution in [0.1, 0.15) is 16.9 Å². The smallest absolute Gasteiger partial charge is 0.302 e. The molecule has 2 aromatic heterocycles. The van der Waals surface area contributed by atoms with Gasteiger partial charge >= 0.3 is 6.01 Å². The zero-order valence-corrected chi connectivity index (χ0v) is 17.4. The minimum absolute atomic E-state index is 0.0208. The number of oxazole rings is 1. The zero-order chi connectivity index (χ0) is 21.9. The Kier molecular flexibility index (Phi) is 5.39. The summed E-state index contributed by atoms with van der Waals surface area (Å²) in [6, 6.07) is 15.4. The maximum absolute atomic E-state index is 12.8. The Labute approximate surface area is 184 Å². The van der Waals surface area contributed by atoms with Crippen LogP contribution in [0.5, 0.6) is 0 Å². The molecule has 0 saturated carbocycles. The first kappa shape index (κ1) is 20.0. The van der Waals surface area contributed by atoms with E-state index in [2.05, 4.69) is 42.6 Å². The third kappa shape index (κ3) is 4.10. The molecule has 4 aromatic rings. The number of rotatable bonds is 4. The molecular weight excluding hydrogens is 406 g/mol. The number of anilines is 3. The van der Waals surface area contributed by atoms with Gasteiger partial charge < -0.3 is 20.4 Å². The van der Waals surface area contributed by atoms with Crippen LogP contribution in [-0.2, 0) is 0 Å². The Morgan fingerprint density at radius 1 is 1.06 bits per heavy atom. The molecule has 1 amide bonds. The van der Waals surface area contributed by atoms with Crippen molar-refractivity contribution in [3.05, 3.63) is 60.4 Å². The van der Waals surface area contributed by atoms with Gasteiger partial charge in [-0.1, -0.05) is 24.3 Å². The zero-order valence-electron chi connectivity index (χ0n) is 17.4. The maximum Gasteiger partial charge on any atom is 0.302 e. The average Bonchev–Trinajstić information content (AvgIpc) is 3.02. The number of nitrogen functional groups attached to an aromatic ring is 1. The van der Waals surface area contributed by atoms with Crippen LogP contribution in [0.15, 0.2) is 59.1 Å². The van der Waals surface area contributed by atoms with Crippen LogP contribution in [-0.4, -0.2) is 47.0 Å². The lowest BCUT2D eigenvalue weighted by molar-refractivity contribution is 0.102. The Hall–Kier alpha value is -3.98. The summed E-state index contributed by atoms with van der Waals surface area (Å²) in [5, 5.41) is 6.02. The first-order valence-corrected chi connectivity index (χ1v) is 10.5. The van der Waals surface area contributed by atoms with E-state index in [0.29, 0.717) is 16.8 Å². The molecule has 1 aliphatic heterocycles. The average molecular weight is 429 g/mol. The van der Waals surface area contributed by atoms with E-state index in [4.69, 9.17) is 10.2 Å². The van der Waals surface area contributed by atoms with Crippen molar-refractivity contribution in [2.24, 2.45) is 0 Å². The molecule has 0 atom stereocenters. The summed E-state index contributed by atoms with van der Waals surface area (Å²) in [6.45, 7) is 4.02. The maximum atomic E-state index is 12.8. The van der Waals surface area contributed by atoms with Gasteiger partial charge in [-0.2, -0.15) is 4.98 Å². The lowest BCUT2D eigenvalue weighted by Crippen LogP contribution is -2.27. The number of hydrogen-bond donors (Lipinski definition) is 3. The minimum atomic E-state index is -0.530. The highest BCUT2D eigenvalue weighted by Crippen LogP contribution is 2.24. The highest BCUT2D eigenvalue weighted by atomic mass is 16.4. The van der Waals surface area contributed by atoms with Crippen LogP contribution in [0.4, 0.5) is 17.5 Å². The summed E-state index contributed by atoms with van der Waals surface area (Å²) in [4.78, 5) is 28.0. The second-order valence-corrected chi connectivity index (χ2v) is 7.57. The second-order valence-electron chi connectivity index (χ2n) is 7.57. The summed E-state index contributed by atoms with van der Waals surface area (Å²) in [5.41, 5.74) is 9.76. The monoisotopic (exact) mass is 429 g/mol. The number of nitrogens with one attached hydrogen (secondary N) is 2. The number of nitrogens with two attached hydrogens (primary N) is 1. The first-order chi connectivity index (χ1) is 15.7. The molecule has 1 fully saturated rings. The lowest BCUT2D eigenvalue weighted by Gasteiger charge is -2.22. The van der Waals surface area contributed by atoms with E-state index >= 15 is 0 Å². The van der Waals surface area contributed by atoms with E-state index in [-0.39, 0.29) is 17.5 Å². The molecule has 3 heterocycles. The molecular formula is C23H23N7O2. The first-order valence-electron chi connectivity index (χ1n) is 10.5. The molecule has 1 saturated heterocycles. The highest BCUT2D eigenvalue weighted by Gasteiger charge is 2.18. The van der Waals surface area contributed by atoms with Crippen LogP contribution in [0, 0.1) is 0 Å². The number of amides is 1. The molecule has 1 aliphatic rings. The van der Waals surface area contributed by atoms with Crippen molar-refractivity contribution in [1.82, 2.24) is 20.3 Å². The van der Waals surface area contributed by atoms with Crippen molar-refractivity contribution >= 4 is 34.5 Å². The van der Waals surface area contributed by atoms with Crippen molar-refractivity contribution in [3.8, 4) is 11.3 Å². The fourth-order valence-corrected chi connectivity index (χ4v) is 3.73. The standard InChI is InChI=1S/C23H23N7O2/c24-21-20(22(31)29-23-28-17-4-1-2-5-19(17)32-23)27-18(14-26-21)15-6-8-16(9-7-15)30-12-3-10-25-11-13-30/h1-2,4-9,14,25H,3,10-13H2,(H2,24,26)(H,28,29,31). The van der Waals surface area contributed by atoms with Gasteiger partial charge in [0.25, 0.3) is 5.91 Å². The van der Waals surface area contributed by atoms with Crippen molar-refractivity contribution in [3.63, 3.8) is 0 Å². The normalized spacial score (nSPS) is 14.3. The molecule has 9 heteroatoms. The Bertz CT molecular complexity index is 1210. The van der Waals surface area contributed by atoms with E-state index in [1.807, 2.05) is 24.3 Å². The van der Waals surface area contributed by atoms with Crippen LogP contribution in [0.25, 0.3) is 22.4 Å².